The van der Waals surface area contributed by atoms with E-state index in [1.807, 2.05) is 6.07 Å². The molecule has 0 radical (unpaired) electrons. The normalized spacial score (nSPS) is 11.7. The standard InChI is InChI=1S/C17H20O3/c1-4-5-7-12-15(17(19)20-13(2)3)16(18)14-10-8-6-9-11-14/h1,6,8-11,13,15H,5,7,12H2,2-3H3. The van der Waals surface area contributed by atoms with Gasteiger partial charge in [-0.15, -0.1) is 12.3 Å². The van der Waals surface area contributed by atoms with Crippen LogP contribution in [0.5, 0.6) is 0 Å². The molecule has 0 N–H and O–H groups in total. The first kappa shape index (κ1) is 16.0. The van der Waals surface area contributed by atoms with Crippen LogP contribution in [0.2, 0.25) is 0 Å². The molecule has 0 saturated carbocycles. The molecular formula is C17H20O3. The molecule has 20 heavy (non-hydrogen) atoms. The number of Topliss-reactive ketones (excluding diaryl/α,β-unsaturated/α-hetero) is 1. The van der Waals surface area contributed by atoms with Gasteiger partial charge in [0.1, 0.15) is 5.92 Å². The zero-order chi connectivity index (χ0) is 15.0. The van der Waals surface area contributed by atoms with Gasteiger partial charge in [-0.2, -0.15) is 0 Å². The number of carbonyl (C=O) groups excluding carboxylic acids is 2. The molecule has 0 aliphatic heterocycles. The molecule has 1 unspecified atom stereocenters. The number of unbranched alkanes of at least 4 members (excludes halogenated alkanes) is 1. The van der Waals surface area contributed by atoms with Crippen molar-refractivity contribution < 1.29 is 14.3 Å². The number of ketones is 1. The second kappa shape index (κ2) is 8.16. The van der Waals surface area contributed by atoms with E-state index < -0.39 is 11.9 Å². The van der Waals surface area contributed by atoms with Crippen LogP contribution in [0.15, 0.2) is 30.3 Å². The Morgan fingerprint density at radius 2 is 1.90 bits per heavy atom. The number of hydrogen-bond acceptors (Lipinski definition) is 3. The third-order valence-electron chi connectivity index (χ3n) is 2.83. The summed E-state index contributed by atoms with van der Waals surface area (Å²) in [7, 11) is 0. The maximum absolute atomic E-state index is 12.4. The Balaban J connectivity index is 2.84. The Bertz CT molecular complexity index is 483. The van der Waals surface area contributed by atoms with Crippen molar-refractivity contribution in [2.75, 3.05) is 0 Å². The first-order valence-electron chi connectivity index (χ1n) is 6.79. The second-order valence-electron chi connectivity index (χ2n) is 4.86. The van der Waals surface area contributed by atoms with Crippen LogP contribution in [-0.2, 0) is 9.53 Å². The lowest BCUT2D eigenvalue weighted by Crippen LogP contribution is -2.28. The van der Waals surface area contributed by atoms with E-state index >= 15 is 0 Å². The first-order chi connectivity index (χ1) is 9.56. The molecule has 3 nitrogen and oxygen atoms in total. The predicted molar refractivity (Wildman–Crippen MR) is 78.2 cm³/mol. The molecule has 1 atom stereocenters. The first-order valence-corrected chi connectivity index (χ1v) is 6.79. The summed E-state index contributed by atoms with van der Waals surface area (Å²) in [4.78, 5) is 24.5. The van der Waals surface area contributed by atoms with E-state index in [0.717, 1.165) is 0 Å². The molecule has 0 saturated heterocycles. The van der Waals surface area contributed by atoms with Gasteiger partial charge in [0.2, 0.25) is 0 Å². The van der Waals surface area contributed by atoms with E-state index in [1.54, 1.807) is 38.1 Å². The fourth-order valence-electron chi connectivity index (χ4n) is 1.88. The summed E-state index contributed by atoms with van der Waals surface area (Å²) in [5.41, 5.74) is 0.527. The predicted octanol–water partition coefficient (Wildman–Crippen LogP) is 3.24. The number of terminal acetylenes is 1. The van der Waals surface area contributed by atoms with Gasteiger partial charge in [-0.1, -0.05) is 30.3 Å². The van der Waals surface area contributed by atoms with Crippen LogP contribution in [-0.4, -0.2) is 17.9 Å². The molecule has 106 valence electrons. The average Bonchev–Trinajstić information content (AvgIpc) is 2.43. The number of ether oxygens (including phenoxy) is 1. The summed E-state index contributed by atoms with van der Waals surface area (Å²) < 4.78 is 5.17. The van der Waals surface area contributed by atoms with Crippen LogP contribution in [0.1, 0.15) is 43.5 Å². The van der Waals surface area contributed by atoms with Crippen LogP contribution >= 0.6 is 0 Å². The highest BCUT2D eigenvalue weighted by atomic mass is 16.5. The fraction of sp³-hybridized carbons (Fsp3) is 0.412. The van der Waals surface area contributed by atoms with Crippen LogP contribution in [0, 0.1) is 18.3 Å². The summed E-state index contributed by atoms with van der Waals surface area (Å²) in [6, 6.07) is 8.80. The van der Waals surface area contributed by atoms with Crippen molar-refractivity contribution in [3.05, 3.63) is 35.9 Å². The third kappa shape index (κ3) is 4.89. The Hall–Kier alpha value is -2.08. The number of esters is 1. The molecule has 0 aromatic heterocycles. The molecule has 1 aromatic rings. The Kier molecular flexibility index (Phi) is 6.52. The van der Waals surface area contributed by atoms with Crippen molar-refractivity contribution in [1.82, 2.24) is 0 Å². The van der Waals surface area contributed by atoms with Gasteiger partial charge in [0.25, 0.3) is 0 Å². The maximum atomic E-state index is 12.4. The highest BCUT2D eigenvalue weighted by Gasteiger charge is 2.29. The van der Waals surface area contributed by atoms with E-state index in [1.165, 1.54) is 0 Å². The van der Waals surface area contributed by atoms with E-state index in [9.17, 15) is 9.59 Å². The average molecular weight is 272 g/mol. The monoisotopic (exact) mass is 272 g/mol. The van der Waals surface area contributed by atoms with E-state index in [0.29, 0.717) is 24.8 Å². The minimum atomic E-state index is -0.770. The minimum absolute atomic E-state index is 0.201. The van der Waals surface area contributed by atoms with Gasteiger partial charge in [-0.3, -0.25) is 9.59 Å². The summed E-state index contributed by atoms with van der Waals surface area (Å²) >= 11 is 0. The SMILES string of the molecule is C#CCCCC(C(=O)OC(C)C)C(=O)c1ccccc1. The zero-order valence-electron chi connectivity index (χ0n) is 12.0. The number of benzene rings is 1. The topological polar surface area (TPSA) is 43.4 Å². The summed E-state index contributed by atoms with van der Waals surface area (Å²) in [5.74, 6) is 1.08. The van der Waals surface area contributed by atoms with Gasteiger partial charge < -0.3 is 4.74 Å². The Morgan fingerprint density at radius 1 is 1.25 bits per heavy atom. The smallest absolute Gasteiger partial charge is 0.317 e. The van der Waals surface area contributed by atoms with Crippen molar-refractivity contribution >= 4 is 11.8 Å². The molecular weight excluding hydrogens is 252 g/mol. The number of hydrogen-bond donors (Lipinski definition) is 0. The Labute approximate surface area is 120 Å². The van der Waals surface area contributed by atoms with E-state index in [2.05, 4.69) is 5.92 Å². The molecule has 0 amide bonds. The van der Waals surface area contributed by atoms with Crippen LogP contribution in [0.25, 0.3) is 0 Å². The van der Waals surface area contributed by atoms with Gasteiger partial charge in [-0.25, -0.2) is 0 Å². The highest BCUT2D eigenvalue weighted by molar-refractivity contribution is 6.08. The van der Waals surface area contributed by atoms with Gasteiger partial charge in [0, 0.05) is 12.0 Å². The molecule has 1 aromatic carbocycles. The quantitative estimate of drug-likeness (QED) is 0.252. The zero-order valence-corrected chi connectivity index (χ0v) is 12.0. The molecule has 0 spiro atoms. The molecule has 3 heteroatoms. The molecule has 0 aliphatic rings. The van der Waals surface area contributed by atoms with Gasteiger partial charge in [0.05, 0.1) is 6.10 Å². The summed E-state index contributed by atoms with van der Waals surface area (Å²) in [5, 5.41) is 0. The van der Waals surface area contributed by atoms with Gasteiger partial charge in [-0.05, 0) is 26.7 Å². The van der Waals surface area contributed by atoms with E-state index in [-0.39, 0.29) is 11.9 Å². The summed E-state index contributed by atoms with van der Waals surface area (Å²) in [6.07, 6.45) is 6.57. The summed E-state index contributed by atoms with van der Waals surface area (Å²) in [6.45, 7) is 3.53. The Morgan fingerprint density at radius 3 is 2.45 bits per heavy atom. The van der Waals surface area contributed by atoms with Crippen LogP contribution < -0.4 is 0 Å². The molecule has 0 heterocycles. The molecule has 0 fully saturated rings. The largest absolute Gasteiger partial charge is 0.462 e. The lowest BCUT2D eigenvalue weighted by molar-refractivity contribution is -0.150. The van der Waals surface area contributed by atoms with Crippen molar-refractivity contribution in [2.45, 2.75) is 39.2 Å². The van der Waals surface area contributed by atoms with Crippen molar-refractivity contribution in [3.63, 3.8) is 0 Å². The lowest BCUT2D eigenvalue weighted by atomic mass is 9.92. The van der Waals surface area contributed by atoms with Crippen molar-refractivity contribution in [1.29, 1.82) is 0 Å². The third-order valence-corrected chi connectivity index (χ3v) is 2.83. The number of rotatable bonds is 7. The highest BCUT2D eigenvalue weighted by Crippen LogP contribution is 2.18. The lowest BCUT2D eigenvalue weighted by Gasteiger charge is -2.16. The molecule has 1 rings (SSSR count). The maximum Gasteiger partial charge on any atom is 0.317 e. The minimum Gasteiger partial charge on any atom is -0.462 e. The molecule has 0 aliphatic carbocycles. The van der Waals surface area contributed by atoms with Crippen molar-refractivity contribution in [2.24, 2.45) is 5.92 Å². The van der Waals surface area contributed by atoms with Gasteiger partial charge >= 0.3 is 5.97 Å². The van der Waals surface area contributed by atoms with Crippen molar-refractivity contribution in [3.8, 4) is 12.3 Å². The van der Waals surface area contributed by atoms with Crippen LogP contribution in [0.3, 0.4) is 0 Å². The van der Waals surface area contributed by atoms with Gasteiger partial charge in [0.15, 0.2) is 5.78 Å². The van der Waals surface area contributed by atoms with Crippen LogP contribution in [0.4, 0.5) is 0 Å². The fourth-order valence-corrected chi connectivity index (χ4v) is 1.88. The molecule has 0 bridgehead atoms. The second-order valence-corrected chi connectivity index (χ2v) is 4.86. The van der Waals surface area contributed by atoms with E-state index in [4.69, 9.17) is 11.2 Å². The number of carbonyl (C=O) groups is 2.